The molecule has 0 saturated carbocycles. The zero-order valence-corrected chi connectivity index (χ0v) is 13.9. The largest absolute Gasteiger partial charge is 0.353 e. The molecule has 3 aromatic rings. The third-order valence-corrected chi connectivity index (χ3v) is 3.68. The fourth-order valence-electron chi connectivity index (χ4n) is 1.96. The molecule has 5 nitrogen and oxygen atoms in total. The van der Waals surface area contributed by atoms with Crippen molar-refractivity contribution in [3.05, 3.63) is 65.3 Å². The molecular weight excluding hydrogens is 351 g/mol. The van der Waals surface area contributed by atoms with Crippen molar-refractivity contribution < 1.29 is 8.91 Å². The van der Waals surface area contributed by atoms with Gasteiger partial charge in [-0.1, -0.05) is 41.0 Å². The Labute approximate surface area is 147 Å². The topological polar surface area (TPSA) is 63.0 Å². The van der Waals surface area contributed by atoms with Crippen molar-refractivity contribution in [1.29, 1.82) is 0 Å². The molecule has 0 fully saturated rings. The minimum Gasteiger partial charge on any atom is -0.353 e. The normalized spacial score (nSPS) is 10.4. The minimum absolute atomic E-state index is 0.206. The Morgan fingerprint density at radius 2 is 1.92 bits per heavy atom. The van der Waals surface area contributed by atoms with Crippen LogP contribution in [0.25, 0.3) is 11.4 Å². The van der Waals surface area contributed by atoms with Gasteiger partial charge in [0.05, 0.1) is 17.3 Å². The molecular formula is C16H12ClFN4OS. The van der Waals surface area contributed by atoms with Gasteiger partial charge in [-0.15, -0.1) is 0 Å². The highest BCUT2D eigenvalue weighted by molar-refractivity contribution is 7.80. The van der Waals surface area contributed by atoms with Crippen LogP contribution >= 0.6 is 23.8 Å². The molecule has 0 bridgehead atoms. The molecule has 1 aromatic heterocycles. The molecule has 3 rings (SSSR count). The van der Waals surface area contributed by atoms with E-state index in [1.54, 1.807) is 30.3 Å². The van der Waals surface area contributed by atoms with Crippen LogP contribution in [-0.2, 0) is 6.54 Å². The summed E-state index contributed by atoms with van der Waals surface area (Å²) < 4.78 is 18.7. The number of hydrogen-bond donors (Lipinski definition) is 2. The van der Waals surface area contributed by atoms with Crippen molar-refractivity contribution in [3.63, 3.8) is 0 Å². The molecule has 0 saturated heterocycles. The van der Waals surface area contributed by atoms with E-state index in [0.29, 0.717) is 22.3 Å². The smallest absolute Gasteiger partial charge is 0.246 e. The van der Waals surface area contributed by atoms with Gasteiger partial charge in [-0.3, -0.25) is 0 Å². The number of aromatic nitrogens is 2. The first-order valence-corrected chi connectivity index (χ1v) is 7.79. The number of nitrogens with one attached hydrogen (secondary N) is 2. The molecule has 24 heavy (non-hydrogen) atoms. The Morgan fingerprint density at radius 1 is 1.17 bits per heavy atom. The van der Waals surface area contributed by atoms with Gasteiger partial charge in [-0.2, -0.15) is 4.98 Å². The highest BCUT2D eigenvalue weighted by Gasteiger charge is 2.11. The Hall–Kier alpha value is -2.51. The van der Waals surface area contributed by atoms with E-state index in [1.807, 2.05) is 12.1 Å². The van der Waals surface area contributed by atoms with E-state index in [4.69, 9.17) is 28.3 Å². The van der Waals surface area contributed by atoms with Gasteiger partial charge in [0.2, 0.25) is 11.7 Å². The summed E-state index contributed by atoms with van der Waals surface area (Å²) in [7, 11) is 0. The van der Waals surface area contributed by atoms with Crippen molar-refractivity contribution in [3.8, 4) is 11.4 Å². The van der Waals surface area contributed by atoms with Gasteiger partial charge in [0, 0.05) is 5.56 Å². The van der Waals surface area contributed by atoms with E-state index in [2.05, 4.69) is 20.8 Å². The molecule has 1 heterocycles. The van der Waals surface area contributed by atoms with Gasteiger partial charge in [0.1, 0.15) is 5.82 Å². The Kier molecular flexibility index (Phi) is 5.02. The number of rotatable bonds is 4. The molecule has 0 atom stereocenters. The summed E-state index contributed by atoms with van der Waals surface area (Å²) in [6.07, 6.45) is 0. The van der Waals surface area contributed by atoms with Crippen molar-refractivity contribution in [1.82, 2.24) is 15.5 Å². The van der Waals surface area contributed by atoms with Crippen LogP contribution in [0.1, 0.15) is 5.89 Å². The van der Waals surface area contributed by atoms with Gasteiger partial charge >= 0.3 is 0 Å². The summed E-state index contributed by atoms with van der Waals surface area (Å²) in [6, 6.07) is 13.5. The summed E-state index contributed by atoms with van der Waals surface area (Å²) >= 11 is 11.2. The Balaban J connectivity index is 1.61. The second kappa shape index (κ2) is 7.37. The molecule has 8 heteroatoms. The average molecular weight is 363 g/mol. The lowest BCUT2D eigenvalue weighted by Crippen LogP contribution is -2.28. The maximum Gasteiger partial charge on any atom is 0.246 e. The molecule has 122 valence electrons. The quantitative estimate of drug-likeness (QED) is 0.684. The lowest BCUT2D eigenvalue weighted by Gasteiger charge is -2.09. The number of nitrogens with zero attached hydrogens (tertiary/aromatic N) is 2. The second-order valence-corrected chi connectivity index (χ2v) is 5.59. The molecule has 0 aliphatic rings. The number of halogens is 2. The fraction of sp³-hybridized carbons (Fsp3) is 0.0625. The molecule has 0 unspecified atom stereocenters. The summed E-state index contributed by atoms with van der Waals surface area (Å²) in [5.74, 6) is 0.341. The van der Waals surface area contributed by atoms with Gasteiger partial charge in [-0.25, -0.2) is 4.39 Å². The predicted molar refractivity (Wildman–Crippen MR) is 94.2 cm³/mol. The zero-order valence-electron chi connectivity index (χ0n) is 12.3. The van der Waals surface area contributed by atoms with Crippen LogP contribution in [0, 0.1) is 5.82 Å². The first kappa shape index (κ1) is 16.4. The van der Waals surface area contributed by atoms with Gasteiger partial charge in [-0.05, 0) is 36.5 Å². The first-order valence-electron chi connectivity index (χ1n) is 7.00. The van der Waals surface area contributed by atoms with Crippen LogP contribution in [0.15, 0.2) is 53.1 Å². The van der Waals surface area contributed by atoms with Crippen LogP contribution in [-0.4, -0.2) is 15.3 Å². The van der Waals surface area contributed by atoms with Crippen molar-refractivity contribution in [2.75, 3.05) is 5.32 Å². The third kappa shape index (κ3) is 3.87. The van der Waals surface area contributed by atoms with Crippen LogP contribution in [0.5, 0.6) is 0 Å². The molecule has 0 aliphatic carbocycles. The lowest BCUT2D eigenvalue weighted by atomic mass is 10.2. The van der Waals surface area contributed by atoms with Crippen molar-refractivity contribution >= 4 is 34.6 Å². The maximum absolute atomic E-state index is 13.5. The van der Waals surface area contributed by atoms with E-state index in [9.17, 15) is 4.39 Å². The average Bonchev–Trinajstić information content (AvgIpc) is 3.04. The lowest BCUT2D eigenvalue weighted by molar-refractivity contribution is 0.376. The van der Waals surface area contributed by atoms with E-state index >= 15 is 0 Å². The van der Waals surface area contributed by atoms with Gasteiger partial charge < -0.3 is 15.2 Å². The van der Waals surface area contributed by atoms with Gasteiger partial charge in [0.25, 0.3) is 0 Å². The SMILES string of the molecule is Fc1ccccc1NC(=S)NCc1nc(-c2ccccc2Cl)no1. The Morgan fingerprint density at radius 3 is 2.71 bits per heavy atom. The van der Waals surface area contributed by atoms with Crippen LogP contribution in [0.4, 0.5) is 10.1 Å². The van der Waals surface area contributed by atoms with Crippen LogP contribution < -0.4 is 10.6 Å². The number of benzene rings is 2. The molecule has 0 spiro atoms. The molecule has 0 aliphatic heterocycles. The van der Waals surface area contributed by atoms with E-state index in [-0.39, 0.29) is 23.2 Å². The third-order valence-electron chi connectivity index (χ3n) is 3.11. The number of hydrogen-bond acceptors (Lipinski definition) is 4. The van der Waals surface area contributed by atoms with Crippen LogP contribution in [0.3, 0.4) is 0 Å². The summed E-state index contributed by atoms with van der Waals surface area (Å²) in [6.45, 7) is 0.206. The molecule has 2 aromatic carbocycles. The van der Waals surface area contributed by atoms with Crippen LogP contribution in [0.2, 0.25) is 5.02 Å². The van der Waals surface area contributed by atoms with Gasteiger partial charge in [0.15, 0.2) is 5.11 Å². The molecule has 0 radical (unpaired) electrons. The number of para-hydroxylation sites is 1. The van der Waals surface area contributed by atoms with E-state index < -0.39 is 0 Å². The molecule has 2 N–H and O–H groups in total. The standard InChI is InChI=1S/C16H12ClFN4OS/c17-11-6-2-1-5-10(11)15-21-14(23-22-15)9-19-16(24)20-13-8-4-3-7-12(13)18/h1-8H,9H2,(H2,19,20,24). The summed E-state index contributed by atoms with van der Waals surface area (Å²) in [4.78, 5) is 4.25. The summed E-state index contributed by atoms with van der Waals surface area (Å²) in [5.41, 5.74) is 0.971. The zero-order chi connectivity index (χ0) is 16.9. The van der Waals surface area contributed by atoms with Crippen molar-refractivity contribution in [2.24, 2.45) is 0 Å². The fourth-order valence-corrected chi connectivity index (χ4v) is 2.37. The van der Waals surface area contributed by atoms with E-state index in [0.717, 1.165) is 0 Å². The predicted octanol–water partition coefficient (Wildman–Crippen LogP) is 4.02. The first-order chi connectivity index (χ1) is 11.6. The second-order valence-electron chi connectivity index (χ2n) is 4.78. The number of anilines is 1. The summed E-state index contributed by atoms with van der Waals surface area (Å²) in [5, 5.41) is 10.3. The number of thiocarbonyl (C=S) groups is 1. The highest BCUT2D eigenvalue weighted by Crippen LogP contribution is 2.24. The van der Waals surface area contributed by atoms with Crippen molar-refractivity contribution in [2.45, 2.75) is 6.54 Å². The molecule has 0 amide bonds. The minimum atomic E-state index is -0.388. The van der Waals surface area contributed by atoms with E-state index in [1.165, 1.54) is 6.07 Å². The maximum atomic E-state index is 13.5. The monoisotopic (exact) mass is 362 g/mol. The highest BCUT2D eigenvalue weighted by atomic mass is 35.5. The Bertz CT molecular complexity index is 871.